The Bertz CT molecular complexity index is 1560. The van der Waals surface area contributed by atoms with Gasteiger partial charge in [0.1, 0.15) is 22.1 Å². The van der Waals surface area contributed by atoms with Crippen molar-refractivity contribution in [2.75, 3.05) is 27.0 Å². The molecule has 0 fully saturated rings. The van der Waals surface area contributed by atoms with Crippen LogP contribution in [0.3, 0.4) is 0 Å². The van der Waals surface area contributed by atoms with Gasteiger partial charge in [-0.15, -0.1) is 11.8 Å². The second-order valence-electron chi connectivity index (χ2n) is 14.2. The zero-order valence-electron chi connectivity index (χ0n) is 31.7. The lowest BCUT2D eigenvalue weighted by Crippen LogP contribution is -2.53. The number of nitrogens with one attached hydrogen (secondary N) is 1. The molecule has 1 spiro atoms. The van der Waals surface area contributed by atoms with Gasteiger partial charge in [0, 0.05) is 47.8 Å². The van der Waals surface area contributed by atoms with Crippen molar-refractivity contribution >= 4 is 40.8 Å². The highest BCUT2D eigenvalue weighted by Gasteiger charge is 2.61. The Kier molecular flexibility index (Phi) is 16.3. The van der Waals surface area contributed by atoms with Crippen LogP contribution in [0.15, 0.2) is 46.6 Å². The minimum Gasteiger partial charge on any atom is -0.507 e. The molecule has 0 bridgehead atoms. The first-order chi connectivity index (χ1) is 25.1. The van der Waals surface area contributed by atoms with Crippen LogP contribution >= 0.6 is 23.4 Å². The zero-order valence-corrected chi connectivity index (χ0v) is 33.3. The molecular weight excluding hydrogens is 698 g/mol. The number of carbonyl (C=O) groups excluding carboxylic acids is 3. The van der Waals surface area contributed by atoms with E-state index in [2.05, 4.69) is 12.2 Å². The van der Waals surface area contributed by atoms with E-state index in [1.807, 2.05) is 30.5 Å². The van der Waals surface area contributed by atoms with E-state index < -0.39 is 29.0 Å². The first-order valence-electron chi connectivity index (χ1n) is 19.2. The Morgan fingerprint density at radius 1 is 0.942 bits per heavy atom. The number of aliphatic hydroxyl groups excluding tert-OH is 1. The number of amides is 1. The molecular formula is C42H58ClNO7S. The van der Waals surface area contributed by atoms with Crippen LogP contribution in [0, 0.1) is 5.92 Å². The van der Waals surface area contributed by atoms with Gasteiger partial charge in [-0.25, -0.2) is 0 Å². The number of hydrogen-bond donors (Lipinski definition) is 2. The van der Waals surface area contributed by atoms with Crippen LogP contribution in [-0.2, 0) is 9.59 Å². The Hall–Kier alpha value is -3.17. The highest BCUT2D eigenvalue weighted by atomic mass is 35.5. The fourth-order valence-corrected chi connectivity index (χ4v) is 8.24. The molecule has 0 aromatic heterocycles. The average Bonchev–Trinajstić information content (AvgIpc) is 3.46. The third-order valence-electron chi connectivity index (χ3n) is 10.6. The van der Waals surface area contributed by atoms with E-state index in [-0.39, 0.29) is 57.9 Å². The van der Waals surface area contributed by atoms with Crippen LogP contribution in [0.1, 0.15) is 138 Å². The second kappa shape index (κ2) is 20.3. The second-order valence-corrected chi connectivity index (χ2v) is 15.5. The van der Waals surface area contributed by atoms with Gasteiger partial charge in [-0.05, 0) is 30.4 Å². The first kappa shape index (κ1) is 41.6. The van der Waals surface area contributed by atoms with Crippen LogP contribution in [0.2, 0.25) is 5.02 Å². The maximum atomic E-state index is 14.3. The highest BCUT2D eigenvalue weighted by molar-refractivity contribution is 7.98. The lowest BCUT2D eigenvalue weighted by atomic mass is 9.69. The Morgan fingerprint density at radius 3 is 2.04 bits per heavy atom. The number of fused-ring (bicyclic) bond motifs is 1. The predicted molar refractivity (Wildman–Crippen MR) is 210 cm³/mol. The average molecular weight is 756 g/mol. The zero-order chi connectivity index (χ0) is 37.7. The molecule has 1 amide bonds. The summed E-state index contributed by atoms with van der Waals surface area (Å²) in [5, 5.41) is 15.2. The number of carbonyl (C=O) groups is 3. The van der Waals surface area contributed by atoms with Crippen molar-refractivity contribution in [3.05, 3.63) is 57.8 Å². The molecule has 1 aliphatic heterocycles. The summed E-state index contributed by atoms with van der Waals surface area (Å²) in [4.78, 5) is 42.7. The van der Waals surface area contributed by atoms with Gasteiger partial charge in [-0.2, -0.15) is 0 Å². The van der Waals surface area contributed by atoms with Gasteiger partial charge in [0.2, 0.25) is 17.3 Å². The topological polar surface area (TPSA) is 111 Å². The molecule has 2 N–H and O–H groups in total. The molecule has 2 aromatic carbocycles. The summed E-state index contributed by atoms with van der Waals surface area (Å²) in [5.41, 5.74) is -1.15. The molecule has 8 nitrogen and oxygen atoms in total. The van der Waals surface area contributed by atoms with Crippen molar-refractivity contribution in [3.8, 4) is 17.2 Å². The van der Waals surface area contributed by atoms with E-state index in [9.17, 15) is 19.5 Å². The molecule has 52 heavy (non-hydrogen) atoms. The van der Waals surface area contributed by atoms with E-state index >= 15 is 0 Å². The molecule has 1 aliphatic carbocycles. The van der Waals surface area contributed by atoms with Gasteiger partial charge in [-0.3, -0.25) is 14.4 Å². The van der Waals surface area contributed by atoms with E-state index in [0.29, 0.717) is 12.1 Å². The largest absolute Gasteiger partial charge is 0.507 e. The quantitative estimate of drug-likeness (QED) is 0.0902. The number of ether oxygens (including phenoxy) is 3. The van der Waals surface area contributed by atoms with Crippen LogP contribution in [0.5, 0.6) is 17.2 Å². The Balaban J connectivity index is 1.43. The maximum Gasteiger partial charge on any atom is 0.231 e. The summed E-state index contributed by atoms with van der Waals surface area (Å²) >= 11 is 8.20. The third-order valence-corrected chi connectivity index (χ3v) is 11.7. The molecule has 2 aliphatic rings. The number of thioether (sulfide) groups is 1. The van der Waals surface area contributed by atoms with Crippen molar-refractivity contribution in [2.24, 2.45) is 5.92 Å². The van der Waals surface area contributed by atoms with Crippen molar-refractivity contribution < 1.29 is 33.7 Å². The van der Waals surface area contributed by atoms with Crippen molar-refractivity contribution in [1.29, 1.82) is 0 Å². The van der Waals surface area contributed by atoms with E-state index in [0.717, 1.165) is 24.2 Å². The molecule has 0 saturated heterocycles. The summed E-state index contributed by atoms with van der Waals surface area (Å²) < 4.78 is 17.3. The van der Waals surface area contributed by atoms with Gasteiger partial charge in [0.25, 0.3) is 0 Å². The number of hydrogen-bond acceptors (Lipinski definition) is 8. The normalized spacial score (nSPS) is 18.8. The van der Waals surface area contributed by atoms with Gasteiger partial charge < -0.3 is 24.6 Å². The maximum absolute atomic E-state index is 14.3. The monoisotopic (exact) mass is 755 g/mol. The number of aliphatic hydroxyl groups is 1. The predicted octanol–water partition coefficient (Wildman–Crippen LogP) is 10.6. The number of unbranched alkanes of at least 4 members (excludes halogenated alkanes) is 13. The molecule has 0 radical (unpaired) electrons. The molecule has 1 heterocycles. The molecule has 10 heteroatoms. The third kappa shape index (κ3) is 9.67. The van der Waals surface area contributed by atoms with Crippen molar-refractivity contribution in [2.45, 2.75) is 133 Å². The summed E-state index contributed by atoms with van der Waals surface area (Å²) in [6, 6.07) is 9.08. The highest BCUT2D eigenvalue weighted by Crippen LogP contribution is 2.55. The van der Waals surface area contributed by atoms with Crippen LogP contribution in [0.25, 0.3) is 0 Å². The summed E-state index contributed by atoms with van der Waals surface area (Å²) in [7, 11) is 2.86. The molecule has 286 valence electrons. The van der Waals surface area contributed by atoms with Crippen molar-refractivity contribution in [3.63, 3.8) is 0 Å². The number of methoxy groups -OCH3 is 2. The van der Waals surface area contributed by atoms with Crippen LogP contribution in [0.4, 0.5) is 0 Å². The molecule has 4 rings (SSSR count). The minimum atomic E-state index is -1.92. The fraction of sp³-hybridized carbons (Fsp3) is 0.595. The van der Waals surface area contributed by atoms with Gasteiger partial charge in [0.05, 0.1) is 14.2 Å². The standard InChI is InChI=1S/C42H58ClNO7S/c1-6-7-8-9-10-11-12-13-14-15-16-17-18-19-24-44-35(46)26-31(29-20-22-30(52-5)23-21-29)36-32(45)25-28(2)42(40(36)47)41(48)37-33(49-3)27-34(50-4)38(43)39(37)51-42/h20-23,27-28,31,47H,6-19,24-26H2,1-5H3,(H,44,46)/t28-,31?,42+/m1/s1. The van der Waals surface area contributed by atoms with Crippen molar-refractivity contribution in [1.82, 2.24) is 5.32 Å². The molecule has 3 atom stereocenters. The van der Waals surface area contributed by atoms with E-state index in [1.165, 1.54) is 90.9 Å². The minimum absolute atomic E-state index is 0.00450. The Morgan fingerprint density at radius 2 is 1.50 bits per heavy atom. The van der Waals surface area contributed by atoms with E-state index in [1.54, 1.807) is 18.7 Å². The Labute approximate surface area is 319 Å². The summed E-state index contributed by atoms with van der Waals surface area (Å²) in [6.45, 7) is 4.48. The summed E-state index contributed by atoms with van der Waals surface area (Å²) in [5.74, 6) is -2.70. The number of allylic oxidation sites excluding steroid dienone is 1. The molecule has 2 aromatic rings. The van der Waals surface area contributed by atoms with Gasteiger partial charge in [0.15, 0.2) is 17.3 Å². The lowest BCUT2D eigenvalue weighted by molar-refractivity contribution is -0.121. The van der Waals surface area contributed by atoms with Gasteiger partial charge >= 0.3 is 0 Å². The SMILES string of the molecule is CCCCCCCCCCCCCCCCNC(=O)CC(C1=C(O)[C@@]2(Oc3c(Cl)c(OC)cc(OC)c3C2=O)[C@H](C)CC1=O)c1ccc(SC)cc1. The number of rotatable bonds is 22. The summed E-state index contributed by atoms with van der Waals surface area (Å²) in [6.07, 6.45) is 19.4. The first-order valence-corrected chi connectivity index (χ1v) is 20.8. The molecule has 0 saturated carbocycles. The molecule has 1 unspecified atom stereocenters. The smallest absolute Gasteiger partial charge is 0.231 e. The van der Waals surface area contributed by atoms with E-state index in [4.69, 9.17) is 25.8 Å². The number of ketones is 2. The van der Waals surface area contributed by atoms with Gasteiger partial charge in [-0.1, -0.05) is 121 Å². The number of Topliss-reactive ketones (excluding diaryl/α,β-unsaturated/α-hetero) is 2. The van der Waals surface area contributed by atoms with Crippen LogP contribution < -0.4 is 19.5 Å². The van der Waals surface area contributed by atoms with Crippen LogP contribution in [-0.4, -0.2) is 55.2 Å². The fourth-order valence-electron chi connectivity index (χ4n) is 7.57. The number of benzene rings is 2. The lowest BCUT2D eigenvalue weighted by Gasteiger charge is -2.38. The number of halogens is 1.